The van der Waals surface area contributed by atoms with Gasteiger partial charge in [-0.25, -0.2) is 0 Å². The second-order valence-corrected chi connectivity index (χ2v) is 7.40. The highest BCUT2D eigenvalue weighted by molar-refractivity contribution is 5.95. The van der Waals surface area contributed by atoms with E-state index in [0.29, 0.717) is 13.1 Å². The molecule has 0 saturated heterocycles. The number of aromatic nitrogens is 3. The normalized spacial score (nSPS) is 13.9. The molecule has 0 fully saturated rings. The van der Waals surface area contributed by atoms with Crippen LogP contribution in [0.2, 0.25) is 0 Å². The molecule has 0 spiro atoms. The molecule has 3 heterocycles. The van der Waals surface area contributed by atoms with Crippen molar-refractivity contribution in [1.82, 2.24) is 19.7 Å². The lowest BCUT2D eigenvalue weighted by molar-refractivity contribution is 0.0760. The molecule has 1 aliphatic heterocycles. The Morgan fingerprint density at radius 1 is 1.11 bits per heavy atom. The van der Waals surface area contributed by atoms with E-state index in [1.165, 1.54) is 5.56 Å². The first kappa shape index (κ1) is 18.2. The summed E-state index contributed by atoms with van der Waals surface area (Å²) in [5.74, 6) is -0.194. The summed E-state index contributed by atoms with van der Waals surface area (Å²) in [6.45, 7) is 4.79. The van der Waals surface area contributed by atoms with E-state index in [9.17, 15) is 9.59 Å². The molecule has 3 aromatic rings. The van der Waals surface area contributed by atoms with Crippen LogP contribution in [-0.4, -0.2) is 38.7 Å². The minimum atomic E-state index is -0.309. The molecule has 0 saturated carbocycles. The second kappa shape index (κ2) is 7.11. The minimum absolute atomic E-state index is 0.194. The average molecular weight is 376 g/mol. The van der Waals surface area contributed by atoms with Gasteiger partial charge < -0.3 is 9.88 Å². The molecular weight excluding hydrogens is 352 g/mol. The van der Waals surface area contributed by atoms with Crippen LogP contribution in [0.4, 0.5) is 0 Å². The van der Waals surface area contributed by atoms with Crippen molar-refractivity contribution < 1.29 is 4.79 Å². The van der Waals surface area contributed by atoms with E-state index in [4.69, 9.17) is 5.10 Å². The lowest BCUT2D eigenvalue weighted by atomic mass is 10.0. The van der Waals surface area contributed by atoms with Crippen LogP contribution in [0.1, 0.15) is 32.9 Å². The molecule has 0 atom stereocenters. The zero-order chi connectivity index (χ0) is 19.8. The second-order valence-electron chi connectivity index (χ2n) is 7.40. The number of rotatable bonds is 2. The largest absolute Gasteiger partial charge is 0.338 e. The van der Waals surface area contributed by atoms with Crippen molar-refractivity contribution in [2.24, 2.45) is 7.05 Å². The third kappa shape index (κ3) is 3.15. The van der Waals surface area contributed by atoms with Gasteiger partial charge in [-0.05, 0) is 31.9 Å². The first-order valence-corrected chi connectivity index (χ1v) is 9.55. The Bertz CT molecular complexity index is 1100. The molecule has 1 aromatic carbocycles. The first-order chi connectivity index (χ1) is 13.5. The summed E-state index contributed by atoms with van der Waals surface area (Å²) in [4.78, 5) is 30.0. The molecule has 6 heteroatoms. The number of hydrogen-bond acceptors (Lipinski definition) is 3. The summed E-state index contributed by atoms with van der Waals surface area (Å²) in [6, 6.07) is 12.0. The summed E-state index contributed by atoms with van der Waals surface area (Å²) in [6.07, 6.45) is 1.45. The van der Waals surface area contributed by atoms with E-state index in [-0.39, 0.29) is 17.0 Å². The van der Waals surface area contributed by atoms with Gasteiger partial charge in [0.1, 0.15) is 5.56 Å². The molecule has 4 rings (SSSR count). The van der Waals surface area contributed by atoms with Crippen molar-refractivity contribution in [3.8, 4) is 11.3 Å². The van der Waals surface area contributed by atoms with Crippen LogP contribution in [0, 0.1) is 13.8 Å². The Hall–Kier alpha value is -3.15. The molecule has 0 aliphatic carbocycles. The van der Waals surface area contributed by atoms with E-state index >= 15 is 0 Å². The van der Waals surface area contributed by atoms with E-state index in [2.05, 4.69) is 17.1 Å². The molecule has 1 aliphatic rings. The summed E-state index contributed by atoms with van der Waals surface area (Å²) >= 11 is 0. The number of H-pyrrole nitrogens is 1. The Morgan fingerprint density at radius 2 is 1.82 bits per heavy atom. The molecule has 0 radical (unpaired) electrons. The molecule has 144 valence electrons. The van der Waals surface area contributed by atoms with Gasteiger partial charge in [0.25, 0.3) is 11.5 Å². The fourth-order valence-corrected chi connectivity index (χ4v) is 4.09. The highest BCUT2D eigenvalue weighted by Gasteiger charge is 2.27. The van der Waals surface area contributed by atoms with Crippen molar-refractivity contribution in [3.05, 3.63) is 74.8 Å². The highest BCUT2D eigenvalue weighted by Crippen LogP contribution is 2.28. The summed E-state index contributed by atoms with van der Waals surface area (Å²) in [7, 11) is 1.96. The Kier molecular flexibility index (Phi) is 4.63. The molecule has 1 amide bonds. The summed E-state index contributed by atoms with van der Waals surface area (Å²) < 4.78 is 1.93. The number of nitrogens with zero attached hydrogens (tertiary/aromatic N) is 3. The van der Waals surface area contributed by atoms with Crippen LogP contribution in [0.25, 0.3) is 11.3 Å². The van der Waals surface area contributed by atoms with Crippen LogP contribution in [-0.2, 0) is 19.9 Å². The maximum atomic E-state index is 13.1. The van der Waals surface area contributed by atoms with Gasteiger partial charge in [0.15, 0.2) is 0 Å². The van der Waals surface area contributed by atoms with Crippen LogP contribution >= 0.6 is 0 Å². The van der Waals surface area contributed by atoms with Gasteiger partial charge in [-0.2, -0.15) is 5.10 Å². The van der Waals surface area contributed by atoms with Gasteiger partial charge in [-0.15, -0.1) is 0 Å². The Balaban J connectivity index is 1.64. The van der Waals surface area contributed by atoms with Crippen LogP contribution in [0.15, 0.2) is 41.2 Å². The maximum absolute atomic E-state index is 13.1. The SMILES string of the molecule is Cc1cc(C)c(C(=O)N2CCc3c(-c4ccccc4)nn(C)c3CC2)c(=O)[nH]1. The lowest BCUT2D eigenvalue weighted by Gasteiger charge is -2.21. The number of fused-ring (bicyclic) bond motifs is 1. The molecule has 1 N–H and O–H groups in total. The van der Waals surface area contributed by atoms with Gasteiger partial charge in [0.05, 0.1) is 5.69 Å². The zero-order valence-electron chi connectivity index (χ0n) is 16.5. The van der Waals surface area contributed by atoms with Crippen LogP contribution in [0.5, 0.6) is 0 Å². The minimum Gasteiger partial charge on any atom is -0.338 e. The first-order valence-electron chi connectivity index (χ1n) is 9.55. The standard InChI is InChI=1S/C22H24N4O2/c1-14-13-15(2)23-21(27)19(14)22(28)26-11-9-17-18(10-12-26)25(3)24-20(17)16-7-5-4-6-8-16/h4-8,13H,9-12H2,1-3H3,(H,23,27). The lowest BCUT2D eigenvalue weighted by Crippen LogP contribution is -2.37. The number of benzene rings is 1. The van der Waals surface area contributed by atoms with Gasteiger partial charge >= 0.3 is 0 Å². The van der Waals surface area contributed by atoms with Crippen molar-refractivity contribution in [2.75, 3.05) is 13.1 Å². The number of aryl methyl sites for hydroxylation is 3. The fourth-order valence-electron chi connectivity index (χ4n) is 4.09. The Morgan fingerprint density at radius 3 is 2.54 bits per heavy atom. The van der Waals surface area contributed by atoms with E-state index in [0.717, 1.165) is 41.1 Å². The number of carbonyl (C=O) groups is 1. The van der Waals surface area contributed by atoms with Crippen LogP contribution < -0.4 is 5.56 Å². The summed E-state index contributed by atoms with van der Waals surface area (Å²) in [5.41, 5.74) is 5.85. The molecule has 6 nitrogen and oxygen atoms in total. The molecule has 0 unspecified atom stereocenters. The third-order valence-corrected chi connectivity index (χ3v) is 5.44. The molecule has 0 bridgehead atoms. The van der Waals surface area contributed by atoms with Crippen molar-refractivity contribution in [3.63, 3.8) is 0 Å². The number of nitrogens with one attached hydrogen (secondary N) is 1. The third-order valence-electron chi connectivity index (χ3n) is 5.44. The number of carbonyl (C=O) groups excluding carboxylic acids is 1. The quantitative estimate of drug-likeness (QED) is 0.747. The van der Waals surface area contributed by atoms with Crippen molar-refractivity contribution in [1.29, 1.82) is 0 Å². The van der Waals surface area contributed by atoms with Gasteiger partial charge in [0, 0.05) is 49.1 Å². The Labute approximate surface area is 163 Å². The number of pyridine rings is 1. The predicted octanol–water partition coefficient (Wildman–Crippen LogP) is 2.63. The molecule has 28 heavy (non-hydrogen) atoms. The maximum Gasteiger partial charge on any atom is 0.261 e. The van der Waals surface area contributed by atoms with E-state index in [1.807, 2.05) is 49.8 Å². The fraction of sp³-hybridized carbons (Fsp3) is 0.318. The van der Waals surface area contributed by atoms with Crippen molar-refractivity contribution in [2.45, 2.75) is 26.7 Å². The monoisotopic (exact) mass is 376 g/mol. The smallest absolute Gasteiger partial charge is 0.261 e. The average Bonchev–Trinajstić information content (AvgIpc) is 2.84. The zero-order valence-corrected chi connectivity index (χ0v) is 16.5. The highest BCUT2D eigenvalue weighted by atomic mass is 16.2. The number of hydrogen-bond donors (Lipinski definition) is 1. The van der Waals surface area contributed by atoms with Gasteiger partial charge in [-0.3, -0.25) is 14.3 Å². The number of aromatic amines is 1. The van der Waals surface area contributed by atoms with Crippen LogP contribution in [0.3, 0.4) is 0 Å². The predicted molar refractivity (Wildman–Crippen MR) is 108 cm³/mol. The topological polar surface area (TPSA) is 71.0 Å². The van der Waals surface area contributed by atoms with Crippen molar-refractivity contribution >= 4 is 5.91 Å². The number of amides is 1. The molecule has 2 aromatic heterocycles. The van der Waals surface area contributed by atoms with E-state index < -0.39 is 0 Å². The van der Waals surface area contributed by atoms with E-state index in [1.54, 1.807) is 4.90 Å². The van der Waals surface area contributed by atoms with Gasteiger partial charge in [0.2, 0.25) is 0 Å². The summed E-state index contributed by atoms with van der Waals surface area (Å²) in [5, 5.41) is 4.73. The molecular formula is C22H24N4O2. The van der Waals surface area contributed by atoms with Gasteiger partial charge in [-0.1, -0.05) is 30.3 Å².